The number of aromatic carboxylic acids is 1. The molecule has 62 valence electrons. The molecule has 0 saturated heterocycles. The van der Waals surface area contributed by atoms with Crippen LogP contribution < -0.4 is 0 Å². The molecule has 0 aliphatic rings. The molecule has 0 bridgehead atoms. The van der Waals surface area contributed by atoms with Gasteiger partial charge in [0.1, 0.15) is 0 Å². The van der Waals surface area contributed by atoms with Crippen molar-refractivity contribution in [3.63, 3.8) is 0 Å². The summed E-state index contributed by atoms with van der Waals surface area (Å²) in [6, 6.07) is 4.74. The highest BCUT2D eigenvalue weighted by atomic mass is 35.5. The van der Waals surface area contributed by atoms with Crippen molar-refractivity contribution >= 4 is 23.6 Å². The number of carbonyl (C=O) groups is 1. The van der Waals surface area contributed by atoms with Gasteiger partial charge in [0.2, 0.25) is 0 Å². The lowest BCUT2D eigenvalue weighted by Crippen LogP contribution is -1.97. The minimum Gasteiger partial charge on any atom is -0.478 e. The molecule has 0 atom stereocenters. The summed E-state index contributed by atoms with van der Waals surface area (Å²) < 4.78 is 0. The number of carboxylic acids is 1. The lowest BCUT2D eigenvalue weighted by Gasteiger charge is -1.99. The van der Waals surface area contributed by atoms with E-state index < -0.39 is 5.97 Å². The summed E-state index contributed by atoms with van der Waals surface area (Å²) in [4.78, 5) is 10.6. The van der Waals surface area contributed by atoms with E-state index in [2.05, 4.69) is 6.58 Å². The van der Waals surface area contributed by atoms with E-state index in [0.29, 0.717) is 0 Å². The van der Waals surface area contributed by atoms with Crippen LogP contribution in [0.2, 0.25) is 5.02 Å². The van der Waals surface area contributed by atoms with Gasteiger partial charge in [-0.05, 0) is 17.7 Å². The minimum atomic E-state index is -1.02. The van der Waals surface area contributed by atoms with Crippen LogP contribution in [-0.2, 0) is 0 Å². The van der Waals surface area contributed by atoms with Crippen LogP contribution in [-0.4, -0.2) is 11.1 Å². The van der Waals surface area contributed by atoms with Crippen molar-refractivity contribution in [2.75, 3.05) is 0 Å². The standard InChI is InChI=1S/C9H7ClO2/c1-2-6-3-4-8(10)7(5-6)9(11)12/h2-5H,1H2,(H,11,12). The number of benzene rings is 1. The fourth-order valence-corrected chi connectivity index (χ4v) is 1.03. The van der Waals surface area contributed by atoms with Crippen molar-refractivity contribution in [1.29, 1.82) is 0 Å². The van der Waals surface area contributed by atoms with E-state index in [4.69, 9.17) is 16.7 Å². The molecule has 1 aromatic carbocycles. The van der Waals surface area contributed by atoms with E-state index in [-0.39, 0.29) is 10.6 Å². The number of hydrogen-bond donors (Lipinski definition) is 1. The van der Waals surface area contributed by atoms with Gasteiger partial charge in [-0.15, -0.1) is 0 Å². The second kappa shape index (κ2) is 3.41. The maximum atomic E-state index is 10.6. The monoisotopic (exact) mass is 182 g/mol. The van der Waals surface area contributed by atoms with E-state index in [1.54, 1.807) is 18.2 Å². The number of carboxylic acid groups (broad SMARTS) is 1. The average Bonchev–Trinajstić information content (AvgIpc) is 2.05. The highest BCUT2D eigenvalue weighted by molar-refractivity contribution is 6.33. The van der Waals surface area contributed by atoms with Crippen LogP contribution in [0.5, 0.6) is 0 Å². The molecule has 2 nitrogen and oxygen atoms in total. The highest BCUT2D eigenvalue weighted by Gasteiger charge is 2.07. The Morgan fingerprint density at radius 3 is 2.75 bits per heavy atom. The van der Waals surface area contributed by atoms with Gasteiger partial charge in [0.25, 0.3) is 0 Å². The van der Waals surface area contributed by atoms with Gasteiger partial charge < -0.3 is 5.11 Å². The first-order chi connectivity index (χ1) is 5.65. The van der Waals surface area contributed by atoms with E-state index in [9.17, 15) is 4.79 Å². The number of hydrogen-bond acceptors (Lipinski definition) is 1. The predicted molar refractivity (Wildman–Crippen MR) is 48.5 cm³/mol. The molecule has 0 spiro atoms. The Hall–Kier alpha value is -1.28. The number of halogens is 1. The van der Waals surface area contributed by atoms with E-state index in [1.807, 2.05) is 0 Å². The molecule has 0 aliphatic heterocycles. The van der Waals surface area contributed by atoms with Gasteiger partial charge >= 0.3 is 5.97 Å². The first-order valence-corrected chi connectivity index (χ1v) is 3.68. The summed E-state index contributed by atoms with van der Waals surface area (Å²) in [5.74, 6) is -1.02. The fourth-order valence-electron chi connectivity index (χ4n) is 0.834. The zero-order valence-electron chi connectivity index (χ0n) is 6.25. The second-order valence-corrected chi connectivity index (χ2v) is 2.66. The van der Waals surface area contributed by atoms with Crippen LogP contribution in [0.3, 0.4) is 0 Å². The Labute approximate surface area is 75.1 Å². The van der Waals surface area contributed by atoms with Crippen LogP contribution in [0.1, 0.15) is 15.9 Å². The van der Waals surface area contributed by atoms with Gasteiger partial charge in [-0.3, -0.25) is 0 Å². The molecular weight excluding hydrogens is 176 g/mol. The molecule has 0 aromatic heterocycles. The van der Waals surface area contributed by atoms with Gasteiger partial charge in [0, 0.05) is 0 Å². The molecular formula is C9H7ClO2. The van der Waals surface area contributed by atoms with Gasteiger partial charge in [-0.2, -0.15) is 0 Å². The first kappa shape index (κ1) is 8.81. The highest BCUT2D eigenvalue weighted by Crippen LogP contribution is 2.17. The van der Waals surface area contributed by atoms with Crippen LogP contribution in [0, 0.1) is 0 Å². The van der Waals surface area contributed by atoms with Crippen LogP contribution >= 0.6 is 11.6 Å². The summed E-state index contributed by atoms with van der Waals surface area (Å²) in [5, 5.41) is 8.91. The third kappa shape index (κ3) is 1.66. The molecule has 1 aromatic rings. The Bertz CT molecular complexity index is 331. The molecule has 1 rings (SSSR count). The Balaban J connectivity index is 3.25. The summed E-state index contributed by atoms with van der Waals surface area (Å²) in [5.41, 5.74) is 0.853. The van der Waals surface area contributed by atoms with Gasteiger partial charge in [0.15, 0.2) is 0 Å². The molecule has 12 heavy (non-hydrogen) atoms. The molecule has 0 fully saturated rings. The first-order valence-electron chi connectivity index (χ1n) is 3.30. The lowest BCUT2D eigenvalue weighted by molar-refractivity contribution is 0.0697. The molecule has 0 saturated carbocycles. The Kier molecular flexibility index (Phi) is 2.51. The van der Waals surface area contributed by atoms with Gasteiger partial charge in [0.05, 0.1) is 10.6 Å². The van der Waals surface area contributed by atoms with Gasteiger partial charge in [-0.1, -0.05) is 30.3 Å². The lowest BCUT2D eigenvalue weighted by atomic mass is 10.1. The summed E-state index contributed by atoms with van der Waals surface area (Å²) >= 11 is 5.63. The van der Waals surface area contributed by atoms with Crippen LogP contribution in [0.4, 0.5) is 0 Å². The van der Waals surface area contributed by atoms with Crippen LogP contribution in [0.15, 0.2) is 24.8 Å². The van der Waals surface area contributed by atoms with Crippen molar-refractivity contribution in [2.24, 2.45) is 0 Å². The maximum Gasteiger partial charge on any atom is 0.337 e. The summed E-state index contributed by atoms with van der Waals surface area (Å²) in [7, 11) is 0. The molecule has 0 radical (unpaired) electrons. The maximum absolute atomic E-state index is 10.6. The van der Waals surface area contributed by atoms with Crippen molar-refractivity contribution in [3.8, 4) is 0 Å². The van der Waals surface area contributed by atoms with E-state index >= 15 is 0 Å². The molecule has 1 N–H and O–H groups in total. The topological polar surface area (TPSA) is 37.3 Å². The quantitative estimate of drug-likeness (QED) is 0.764. The van der Waals surface area contributed by atoms with Crippen molar-refractivity contribution in [1.82, 2.24) is 0 Å². The largest absolute Gasteiger partial charge is 0.478 e. The molecule has 0 aliphatic carbocycles. The van der Waals surface area contributed by atoms with Crippen molar-refractivity contribution in [3.05, 3.63) is 40.9 Å². The summed E-state index contributed by atoms with van der Waals surface area (Å²) in [6.45, 7) is 3.53. The van der Waals surface area contributed by atoms with Crippen molar-refractivity contribution in [2.45, 2.75) is 0 Å². The Morgan fingerprint density at radius 1 is 1.58 bits per heavy atom. The van der Waals surface area contributed by atoms with Gasteiger partial charge in [-0.25, -0.2) is 4.79 Å². The fraction of sp³-hybridized carbons (Fsp3) is 0. The molecule has 3 heteroatoms. The van der Waals surface area contributed by atoms with E-state index in [1.165, 1.54) is 6.07 Å². The average molecular weight is 183 g/mol. The number of rotatable bonds is 2. The zero-order chi connectivity index (χ0) is 9.14. The van der Waals surface area contributed by atoms with Crippen molar-refractivity contribution < 1.29 is 9.90 Å². The third-order valence-corrected chi connectivity index (χ3v) is 1.79. The molecule has 0 heterocycles. The van der Waals surface area contributed by atoms with E-state index in [0.717, 1.165) is 5.56 Å². The predicted octanol–water partition coefficient (Wildman–Crippen LogP) is 2.68. The Morgan fingerprint density at radius 2 is 2.25 bits per heavy atom. The minimum absolute atomic E-state index is 0.106. The molecule has 0 unspecified atom stereocenters. The summed E-state index contributed by atoms with van der Waals surface area (Å²) in [6.07, 6.45) is 1.57. The smallest absolute Gasteiger partial charge is 0.337 e. The molecule has 0 amide bonds. The third-order valence-electron chi connectivity index (χ3n) is 1.46. The zero-order valence-corrected chi connectivity index (χ0v) is 7.01. The second-order valence-electron chi connectivity index (χ2n) is 2.25. The normalized spacial score (nSPS) is 9.42. The SMILES string of the molecule is C=Cc1ccc(Cl)c(C(=O)O)c1. The van der Waals surface area contributed by atoms with Crippen LogP contribution in [0.25, 0.3) is 6.08 Å².